The first-order valence-electron chi connectivity index (χ1n) is 14.1. The van der Waals surface area contributed by atoms with Gasteiger partial charge in [0.2, 0.25) is 11.8 Å². The number of benzene rings is 1. The number of hydrogen-bond acceptors (Lipinski definition) is 6. The number of ether oxygens (including phenoxy) is 1. The van der Waals surface area contributed by atoms with Gasteiger partial charge < -0.3 is 15.0 Å². The number of alkyl halides is 3. The zero-order valence-electron chi connectivity index (χ0n) is 23.4. The Hall–Kier alpha value is -4.41. The fourth-order valence-electron chi connectivity index (χ4n) is 6.01. The van der Waals surface area contributed by atoms with Crippen molar-refractivity contribution in [2.45, 2.75) is 57.8 Å². The summed E-state index contributed by atoms with van der Waals surface area (Å²) in [4.78, 5) is 24.4. The summed E-state index contributed by atoms with van der Waals surface area (Å²) >= 11 is 0. The third-order valence-corrected chi connectivity index (χ3v) is 7.85. The van der Waals surface area contributed by atoms with Crippen molar-refractivity contribution in [3.8, 4) is 5.88 Å². The molecule has 4 heterocycles. The number of anilines is 1. The predicted octanol–water partition coefficient (Wildman–Crippen LogP) is 6.08. The highest BCUT2D eigenvalue weighted by atomic mass is 19.4. The average Bonchev–Trinajstić information content (AvgIpc) is 3.68. The molecule has 1 aliphatic carbocycles. The maximum absolute atomic E-state index is 13.6. The molecule has 1 saturated heterocycles. The van der Waals surface area contributed by atoms with Crippen LogP contribution < -0.4 is 10.1 Å². The van der Waals surface area contributed by atoms with E-state index in [1.807, 2.05) is 6.07 Å². The number of nitrogens with one attached hydrogen (secondary N) is 1. The van der Waals surface area contributed by atoms with Gasteiger partial charge in [0.25, 0.3) is 0 Å². The lowest BCUT2D eigenvalue weighted by Crippen LogP contribution is -2.40. The summed E-state index contributed by atoms with van der Waals surface area (Å²) in [6, 6.07) is 11.6. The van der Waals surface area contributed by atoms with E-state index in [9.17, 15) is 18.0 Å². The third-order valence-electron chi connectivity index (χ3n) is 7.85. The number of nitrogens with zero attached hydrogens (tertiary/aromatic N) is 5. The molecule has 6 rings (SSSR count). The summed E-state index contributed by atoms with van der Waals surface area (Å²) in [5.74, 6) is 0.565. The minimum Gasteiger partial charge on any atom is -0.468 e. The predicted molar refractivity (Wildman–Crippen MR) is 153 cm³/mol. The molecular formula is C31H31F3N6O2. The number of hydrogen-bond donors (Lipinski definition) is 1. The first-order valence-corrected chi connectivity index (χ1v) is 14.1. The summed E-state index contributed by atoms with van der Waals surface area (Å²) in [5.41, 5.74) is 5.64. The molecule has 11 heteroatoms. The standard InChI is InChI=1S/C31H31F3N6O2/c1-3-22-23-8-5-4-7-21(23)14-27(22)40-12-6-9-26(40)29(41)37-28-24-17-39(38-25(24)10-11-35-28)16-20-13-19(2)30(36-15-20)42-18-31(32,33)34/h4-5,7-8,10-11,13-15,17,22,26H,3,6,9,12,16,18H2,1-2H3,(H,35,37,41)/t22?,26-/m1/s1. The van der Waals surface area contributed by atoms with Gasteiger partial charge in [-0.05, 0) is 61.1 Å². The van der Waals surface area contributed by atoms with Crippen molar-refractivity contribution in [2.24, 2.45) is 0 Å². The maximum Gasteiger partial charge on any atom is 0.422 e. The van der Waals surface area contributed by atoms with Crippen LogP contribution in [0.25, 0.3) is 17.0 Å². The number of likely N-dealkylation sites (tertiary alicyclic amines) is 1. The van der Waals surface area contributed by atoms with E-state index in [0.29, 0.717) is 28.8 Å². The van der Waals surface area contributed by atoms with Crippen LogP contribution in [0.15, 0.2) is 60.7 Å². The third kappa shape index (κ3) is 5.55. The van der Waals surface area contributed by atoms with Gasteiger partial charge in [0.1, 0.15) is 11.9 Å². The molecular weight excluding hydrogens is 545 g/mol. The second kappa shape index (κ2) is 11.1. The zero-order valence-corrected chi connectivity index (χ0v) is 23.4. The number of amides is 1. The highest BCUT2D eigenvalue weighted by Crippen LogP contribution is 2.42. The van der Waals surface area contributed by atoms with E-state index in [2.05, 4.69) is 56.5 Å². The molecule has 1 fully saturated rings. The largest absolute Gasteiger partial charge is 0.468 e. The minimum atomic E-state index is -4.43. The van der Waals surface area contributed by atoms with Crippen molar-refractivity contribution in [1.29, 1.82) is 0 Å². The molecule has 8 nitrogen and oxygen atoms in total. The summed E-state index contributed by atoms with van der Waals surface area (Å²) in [6.07, 6.45) is 5.35. The smallest absolute Gasteiger partial charge is 0.422 e. The summed E-state index contributed by atoms with van der Waals surface area (Å²) in [7, 11) is 0. The Morgan fingerprint density at radius 3 is 2.81 bits per heavy atom. The van der Waals surface area contributed by atoms with Gasteiger partial charge in [-0.2, -0.15) is 18.3 Å². The highest BCUT2D eigenvalue weighted by Gasteiger charge is 2.37. The lowest BCUT2D eigenvalue weighted by atomic mass is 9.95. The molecule has 1 unspecified atom stereocenters. The fraction of sp³-hybridized carbons (Fsp3) is 0.355. The Labute approximate surface area is 241 Å². The van der Waals surface area contributed by atoms with Crippen molar-refractivity contribution < 1.29 is 22.7 Å². The molecule has 0 radical (unpaired) electrons. The molecule has 3 aromatic heterocycles. The summed E-state index contributed by atoms with van der Waals surface area (Å²) < 4.78 is 44.0. The van der Waals surface area contributed by atoms with Gasteiger partial charge in [-0.1, -0.05) is 31.2 Å². The van der Waals surface area contributed by atoms with Crippen LogP contribution in [-0.2, 0) is 11.3 Å². The van der Waals surface area contributed by atoms with E-state index in [1.54, 1.807) is 36.1 Å². The van der Waals surface area contributed by atoms with Crippen LogP contribution >= 0.6 is 0 Å². The molecule has 4 aromatic rings. The Morgan fingerprint density at radius 2 is 2.02 bits per heavy atom. The molecule has 2 aliphatic rings. The Balaban J connectivity index is 1.17. The SMILES string of the molecule is CCC1C(N2CCC[C@@H]2C(=O)Nc2nccc3nn(Cc4cnc(OCC(F)(F)F)c(C)c4)cc23)=Cc2ccccc21. The van der Waals surface area contributed by atoms with E-state index < -0.39 is 12.8 Å². The molecule has 42 heavy (non-hydrogen) atoms. The Kier molecular flexibility index (Phi) is 7.34. The van der Waals surface area contributed by atoms with Crippen LogP contribution in [0.2, 0.25) is 0 Å². The van der Waals surface area contributed by atoms with Crippen LogP contribution in [0.3, 0.4) is 0 Å². The second-order valence-electron chi connectivity index (χ2n) is 10.8. The van der Waals surface area contributed by atoms with E-state index in [4.69, 9.17) is 4.74 Å². The average molecular weight is 577 g/mol. The molecule has 1 amide bonds. The molecule has 2 atom stereocenters. The lowest BCUT2D eigenvalue weighted by molar-refractivity contribution is -0.154. The molecule has 0 saturated carbocycles. The summed E-state index contributed by atoms with van der Waals surface area (Å²) in [6.45, 7) is 3.60. The van der Waals surface area contributed by atoms with E-state index >= 15 is 0 Å². The number of aryl methyl sites for hydroxylation is 1. The number of fused-ring (bicyclic) bond motifs is 2. The molecule has 1 N–H and O–H groups in total. The minimum absolute atomic E-state index is 0.0561. The molecule has 218 valence electrons. The first kappa shape index (κ1) is 27.7. The van der Waals surface area contributed by atoms with Crippen LogP contribution in [0.1, 0.15) is 54.4 Å². The van der Waals surface area contributed by atoms with Gasteiger partial charge in [-0.3, -0.25) is 9.48 Å². The number of aromatic nitrogens is 4. The van der Waals surface area contributed by atoms with Crippen LogP contribution in [0.4, 0.5) is 19.0 Å². The normalized spacial score (nSPS) is 18.3. The van der Waals surface area contributed by atoms with Gasteiger partial charge in [-0.15, -0.1) is 0 Å². The number of rotatable bonds is 8. The van der Waals surface area contributed by atoms with E-state index in [-0.39, 0.29) is 23.7 Å². The van der Waals surface area contributed by atoms with Crippen LogP contribution in [-0.4, -0.2) is 55.9 Å². The first-order chi connectivity index (χ1) is 20.2. The molecule has 1 aromatic carbocycles. The van der Waals surface area contributed by atoms with E-state index in [1.165, 1.54) is 23.0 Å². The van der Waals surface area contributed by atoms with E-state index in [0.717, 1.165) is 31.4 Å². The second-order valence-corrected chi connectivity index (χ2v) is 10.8. The van der Waals surface area contributed by atoms with Crippen molar-refractivity contribution in [3.05, 3.63) is 82.9 Å². The fourth-order valence-corrected chi connectivity index (χ4v) is 6.01. The molecule has 0 spiro atoms. The van der Waals surface area contributed by atoms with Gasteiger partial charge >= 0.3 is 6.18 Å². The van der Waals surface area contributed by atoms with Gasteiger partial charge in [0, 0.05) is 42.3 Å². The number of carbonyl (C=O) groups excluding carboxylic acids is 1. The zero-order chi connectivity index (χ0) is 29.4. The number of allylic oxidation sites excluding steroid dienone is 1. The highest BCUT2D eigenvalue weighted by molar-refractivity contribution is 6.01. The van der Waals surface area contributed by atoms with Crippen molar-refractivity contribution in [3.63, 3.8) is 0 Å². The number of halogens is 3. The topological polar surface area (TPSA) is 85.2 Å². The maximum atomic E-state index is 13.6. The lowest BCUT2D eigenvalue weighted by Gasteiger charge is -2.30. The monoisotopic (exact) mass is 576 g/mol. The van der Waals surface area contributed by atoms with Crippen molar-refractivity contribution in [1.82, 2.24) is 24.6 Å². The van der Waals surface area contributed by atoms with Gasteiger partial charge in [0.15, 0.2) is 6.61 Å². The Morgan fingerprint density at radius 1 is 1.19 bits per heavy atom. The van der Waals surface area contributed by atoms with Crippen molar-refractivity contribution >= 4 is 28.7 Å². The van der Waals surface area contributed by atoms with Crippen LogP contribution in [0, 0.1) is 6.92 Å². The quantitative estimate of drug-likeness (QED) is 0.274. The Bertz CT molecular complexity index is 1660. The van der Waals surface area contributed by atoms with Crippen molar-refractivity contribution in [2.75, 3.05) is 18.5 Å². The summed E-state index contributed by atoms with van der Waals surface area (Å²) in [5, 5.41) is 8.37. The molecule has 1 aliphatic heterocycles. The van der Waals surface area contributed by atoms with Gasteiger partial charge in [0.05, 0.1) is 17.4 Å². The number of pyridine rings is 2. The number of carbonyl (C=O) groups is 1. The molecule has 0 bridgehead atoms. The van der Waals surface area contributed by atoms with Crippen LogP contribution in [0.5, 0.6) is 5.88 Å². The van der Waals surface area contributed by atoms with Gasteiger partial charge in [-0.25, -0.2) is 9.97 Å².